The summed E-state index contributed by atoms with van der Waals surface area (Å²) in [6.07, 6.45) is -8.82. The number of carbonyl (C=O) groups is 2. The van der Waals surface area contributed by atoms with Gasteiger partial charge in [-0.15, -0.1) is 0 Å². The highest BCUT2D eigenvalue weighted by molar-refractivity contribution is 7.48. The number of alkyl halides is 6. The summed E-state index contributed by atoms with van der Waals surface area (Å²) in [7, 11) is -1.40. The largest absolute Gasteiger partial charge is 0.707 e. The van der Waals surface area contributed by atoms with Crippen molar-refractivity contribution in [2.24, 2.45) is 0 Å². The van der Waals surface area contributed by atoms with Crippen LogP contribution in [0.25, 0.3) is 0 Å². The summed E-state index contributed by atoms with van der Waals surface area (Å²) < 4.78 is 78.0. The molecule has 5 aromatic carbocycles. The van der Waals surface area contributed by atoms with Crippen LogP contribution < -0.4 is 15.3 Å². The minimum absolute atomic E-state index is 0.101. The normalized spacial score (nSPS) is 11.4. The molecule has 0 saturated carbocycles. The van der Waals surface area contributed by atoms with E-state index >= 15 is 0 Å². The average molecular weight is 730 g/mol. The molecule has 0 aliphatic carbocycles. The van der Waals surface area contributed by atoms with Gasteiger partial charge >= 0.3 is 19.7 Å². The Morgan fingerprint density at radius 2 is 0.860 bits per heavy atom. The second-order valence-electron chi connectivity index (χ2n) is 10.2. The summed E-state index contributed by atoms with van der Waals surface area (Å²) >= 11 is 0. The van der Waals surface area contributed by atoms with Crippen molar-refractivity contribution in [1.29, 1.82) is 0 Å². The minimum atomic E-state index is -5.01. The number of ketones is 2. The van der Waals surface area contributed by atoms with Crippen LogP contribution in [0.2, 0.25) is 0 Å². The lowest BCUT2D eigenvalue weighted by Crippen LogP contribution is -2.21. The van der Waals surface area contributed by atoms with Gasteiger partial charge in [-0.1, -0.05) is 138 Å². The highest BCUT2D eigenvalue weighted by atomic mass is 31.1. The lowest BCUT2D eigenvalue weighted by molar-refractivity contribution is -0.143. The van der Waals surface area contributed by atoms with E-state index in [1.165, 1.54) is 10.6 Å². The van der Waals surface area contributed by atoms with Crippen LogP contribution in [0.5, 0.6) is 5.75 Å². The summed E-state index contributed by atoms with van der Waals surface area (Å²) in [6.45, 7) is 0. The molecule has 14 heteroatoms. The molecule has 5 aromatic rings. The molecule has 0 aliphatic rings. The molecule has 0 aromatic heterocycles. The third-order valence-electron chi connectivity index (χ3n) is 6.45. The first kappa shape index (κ1) is 40.1. The second kappa shape index (κ2) is 19.7. The molecular weight excluding hydrogens is 699 g/mol. The van der Waals surface area contributed by atoms with Crippen LogP contribution in [0, 0.1) is 0 Å². The molecule has 0 amide bonds. The molecule has 0 aliphatic heterocycles. The fourth-order valence-corrected chi connectivity index (χ4v) is 6.04. The van der Waals surface area contributed by atoms with E-state index in [0.717, 1.165) is 11.1 Å². The first-order valence-electron chi connectivity index (χ1n) is 14.8. The standard InChI is InChI=1S/2C14H13OP.C8H5BF6O3/c2*15-14(12-7-3-1-4-8-12)11-16-13-9-5-2-6-10-13;10-7(11,12)4-1-5(8(13,14)15)3-6(2-4)18-9(16)17/h2*1-10,16H,11H2;1-3,16-17H. The predicted molar refractivity (Wildman–Crippen MR) is 187 cm³/mol. The van der Waals surface area contributed by atoms with Gasteiger partial charge in [0.2, 0.25) is 0 Å². The number of carbonyl (C=O) groups excluding carboxylic acids is 2. The number of Topliss-reactive ketones (excluding diaryl/α,β-unsaturated/α-hetero) is 2. The highest BCUT2D eigenvalue weighted by Gasteiger charge is 2.37. The molecule has 0 fully saturated rings. The average Bonchev–Trinajstić information content (AvgIpc) is 3.10. The van der Waals surface area contributed by atoms with E-state index in [2.05, 4.69) is 28.9 Å². The van der Waals surface area contributed by atoms with E-state index in [-0.39, 0.29) is 29.8 Å². The molecule has 2 unspecified atom stereocenters. The number of hydrogen-bond donors (Lipinski definition) is 2. The molecule has 5 rings (SSSR count). The lowest BCUT2D eigenvalue weighted by atomic mass is 10.1. The first-order valence-corrected chi connectivity index (χ1v) is 17.2. The Labute approximate surface area is 289 Å². The highest BCUT2D eigenvalue weighted by Crippen LogP contribution is 2.38. The maximum Gasteiger partial charge on any atom is 0.707 e. The molecule has 260 valence electrons. The van der Waals surface area contributed by atoms with Gasteiger partial charge in [-0.05, 0) is 28.8 Å². The monoisotopic (exact) mass is 730 g/mol. The van der Waals surface area contributed by atoms with E-state index in [0.29, 0.717) is 29.5 Å². The van der Waals surface area contributed by atoms with E-state index in [1.54, 1.807) is 0 Å². The van der Waals surface area contributed by atoms with Gasteiger partial charge in [0.15, 0.2) is 11.6 Å². The van der Waals surface area contributed by atoms with Crippen molar-refractivity contribution in [3.05, 3.63) is 162 Å². The van der Waals surface area contributed by atoms with Crippen molar-refractivity contribution in [2.45, 2.75) is 12.4 Å². The topological polar surface area (TPSA) is 83.8 Å². The van der Waals surface area contributed by atoms with E-state index < -0.39 is 36.6 Å². The van der Waals surface area contributed by atoms with Gasteiger partial charge in [0.05, 0.1) is 11.1 Å². The summed E-state index contributed by atoms with van der Waals surface area (Å²) in [6, 6.07) is 39.6. The van der Waals surface area contributed by atoms with Crippen molar-refractivity contribution in [3.8, 4) is 5.75 Å². The van der Waals surface area contributed by atoms with Crippen molar-refractivity contribution < 1.29 is 50.6 Å². The third-order valence-corrected chi connectivity index (χ3v) is 8.93. The Hall–Kier alpha value is -4.34. The number of rotatable bonds is 10. The van der Waals surface area contributed by atoms with E-state index in [4.69, 9.17) is 10.0 Å². The second-order valence-corrected chi connectivity index (χ2v) is 12.8. The zero-order chi connectivity index (χ0) is 36.6. The Bertz CT molecular complexity index is 1640. The van der Waals surface area contributed by atoms with Crippen molar-refractivity contribution in [1.82, 2.24) is 0 Å². The van der Waals surface area contributed by atoms with Crippen LogP contribution in [0.15, 0.2) is 140 Å². The smallest absolute Gasteiger partial charge is 0.512 e. The first-order chi connectivity index (χ1) is 23.7. The molecule has 2 atom stereocenters. The molecule has 5 nitrogen and oxygen atoms in total. The lowest BCUT2D eigenvalue weighted by Gasteiger charge is -2.14. The fourth-order valence-electron chi connectivity index (χ4n) is 4.05. The molecule has 0 saturated heterocycles. The molecule has 0 heterocycles. The van der Waals surface area contributed by atoms with Gasteiger partial charge in [-0.25, -0.2) is 0 Å². The summed E-state index contributed by atoms with van der Waals surface area (Å²) in [5, 5.41) is 19.2. The quantitative estimate of drug-likeness (QED) is 0.0663. The maximum absolute atomic E-state index is 12.3. The zero-order valence-electron chi connectivity index (χ0n) is 26.2. The molecule has 50 heavy (non-hydrogen) atoms. The maximum atomic E-state index is 12.3. The summed E-state index contributed by atoms with van der Waals surface area (Å²) in [5.41, 5.74) is -1.59. The van der Waals surface area contributed by atoms with Gasteiger partial charge in [0, 0.05) is 23.5 Å². The predicted octanol–water partition coefficient (Wildman–Crippen LogP) is 7.82. The van der Waals surface area contributed by atoms with Gasteiger partial charge in [-0.2, -0.15) is 26.3 Å². The summed E-state index contributed by atoms with van der Waals surface area (Å²) in [5.74, 6) is -0.502. The summed E-state index contributed by atoms with van der Waals surface area (Å²) in [4.78, 5) is 23.6. The Morgan fingerprint density at radius 3 is 1.16 bits per heavy atom. The molecule has 0 spiro atoms. The van der Waals surface area contributed by atoms with Crippen molar-refractivity contribution in [3.63, 3.8) is 0 Å². The van der Waals surface area contributed by atoms with Crippen molar-refractivity contribution >= 4 is 46.7 Å². The Kier molecular flexibility index (Phi) is 15.8. The number of benzene rings is 5. The zero-order valence-corrected chi connectivity index (χ0v) is 28.2. The SMILES string of the molecule is O=C(CPc1ccccc1)c1ccccc1.O=C(CPc1ccccc1)c1ccccc1.OB(O)Oc1cc(C(F)(F)F)cc(C(F)(F)F)c1. The number of hydrogen-bond acceptors (Lipinski definition) is 5. The van der Waals surface area contributed by atoms with Crippen LogP contribution >= 0.6 is 17.2 Å². The van der Waals surface area contributed by atoms with Crippen LogP contribution in [0.1, 0.15) is 31.8 Å². The van der Waals surface area contributed by atoms with Gasteiger partial charge in [-0.3, -0.25) is 9.59 Å². The third kappa shape index (κ3) is 14.6. The van der Waals surface area contributed by atoms with Crippen LogP contribution in [0.4, 0.5) is 26.3 Å². The van der Waals surface area contributed by atoms with E-state index in [9.17, 15) is 35.9 Å². The molecule has 2 N–H and O–H groups in total. The van der Waals surface area contributed by atoms with Crippen LogP contribution in [-0.2, 0) is 12.4 Å². The van der Waals surface area contributed by atoms with Crippen LogP contribution in [-0.4, -0.2) is 41.3 Å². The minimum Gasteiger partial charge on any atom is -0.512 e. The van der Waals surface area contributed by atoms with Gasteiger partial charge < -0.3 is 14.7 Å². The van der Waals surface area contributed by atoms with Crippen molar-refractivity contribution in [2.75, 3.05) is 12.3 Å². The van der Waals surface area contributed by atoms with Gasteiger partial charge in [0.1, 0.15) is 5.75 Å². The number of halogens is 6. The molecule has 0 bridgehead atoms. The molecule has 0 radical (unpaired) electrons. The van der Waals surface area contributed by atoms with Gasteiger partial charge in [0.25, 0.3) is 0 Å². The molecular formula is C36H31BF6O5P2. The van der Waals surface area contributed by atoms with E-state index in [1.807, 2.05) is 97.1 Å². The Morgan fingerprint density at radius 1 is 0.540 bits per heavy atom. The van der Waals surface area contributed by atoms with Crippen LogP contribution in [0.3, 0.4) is 0 Å². The fraction of sp³-hybridized carbons (Fsp3) is 0.111. The Balaban J connectivity index is 0.000000203.